The van der Waals surface area contributed by atoms with Gasteiger partial charge in [-0.25, -0.2) is 14.2 Å². The minimum absolute atomic E-state index is 0. The first kappa shape index (κ1) is 35.9. The standard InChI is InChI=1S/C37H45N3O6.ClH/c1-5-45-35(42)37(2,3)40-34(41)30-19-14-20-31(44-4)32(30)39(36(40)43)24-13-12-23-38-25-21-29(22-26-38)46-33(27-15-8-6-9-16-27)28-17-10-7-11-18-28;/h6-11,14-20,29,33H,5,12-13,21-26H2,1-4H3;1H. The number of carbonyl (C=O) groups is 1. The maximum absolute atomic E-state index is 13.9. The number of ether oxygens (including phenoxy) is 3. The van der Waals surface area contributed by atoms with Crippen LogP contribution in [0.4, 0.5) is 0 Å². The highest BCUT2D eigenvalue weighted by atomic mass is 35.5. The van der Waals surface area contributed by atoms with Crippen molar-refractivity contribution in [2.24, 2.45) is 0 Å². The number of carbonyl (C=O) groups excluding carboxylic acids is 1. The minimum atomic E-state index is -1.48. The predicted octanol–water partition coefficient (Wildman–Crippen LogP) is 5.94. The molecule has 0 atom stereocenters. The molecule has 10 heteroatoms. The average Bonchev–Trinajstić information content (AvgIpc) is 3.08. The fourth-order valence-electron chi connectivity index (χ4n) is 6.33. The first-order chi connectivity index (χ1) is 22.3. The topological polar surface area (TPSA) is 92.0 Å². The highest BCUT2D eigenvalue weighted by molar-refractivity contribution is 5.86. The molecule has 1 saturated heterocycles. The van der Waals surface area contributed by atoms with E-state index in [4.69, 9.17) is 14.2 Å². The first-order valence-corrected chi connectivity index (χ1v) is 16.2. The van der Waals surface area contributed by atoms with Crippen molar-refractivity contribution in [2.75, 3.05) is 33.4 Å². The third-order valence-corrected chi connectivity index (χ3v) is 8.85. The van der Waals surface area contributed by atoms with Crippen molar-refractivity contribution in [1.29, 1.82) is 0 Å². The molecular formula is C37H46ClN3O6. The molecule has 47 heavy (non-hydrogen) atoms. The number of benzene rings is 3. The molecule has 4 aromatic rings. The van der Waals surface area contributed by atoms with E-state index in [1.165, 1.54) is 7.11 Å². The lowest BCUT2D eigenvalue weighted by Gasteiger charge is -2.34. The molecule has 5 rings (SSSR count). The molecule has 3 aromatic carbocycles. The molecule has 2 heterocycles. The molecule has 0 amide bonds. The lowest BCUT2D eigenvalue weighted by atomic mass is 10.00. The van der Waals surface area contributed by atoms with E-state index in [1.807, 2.05) is 12.1 Å². The summed E-state index contributed by atoms with van der Waals surface area (Å²) in [5.74, 6) is -0.187. The number of hydrogen-bond acceptors (Lipinski definition) is 7. The molecular weight excluding hydrogens is 618 g/mol. The summed E-state index contributed by atoms with van der Waals surface area (Å²) in [4.78, 5) is 42.8. The van der Waals surface area contributed by atoms with Crippen molar-refractivity contribution < 1.29 is 19.0 Å². The summed E-state index contributed by atoms with van der Waals surface area (Å²) in [6.45, 7) is 8.08. The van der Waals surface area contributed by atoms with Crippen LogP contribution in [0.5, 0.6) is 5.75 Å². The number of nitrogens with zero attached hydrogens (tertiary/aromatic N) is 3. The Morgan fingerprint density at radius 3 is 2.04 bits per heavy atom. The first-order valence-electron chi connectivity index (χ1n) is 16.2. The van der Waals surface area contributed by atoms with Gasteiger partial charge < -0.3 is 19.1 Å². The molecule has 1 aliphatic rings. The van der Waals surface area contributed by atoms with E-state index in [-0.39, 0.29) is 31.2 Å². The Kier molecular flexibility index (Phi) is 12.4. The number of methoxy groups -OCH3 is 1. The van der Waals surface area contributed by atoms with Crippen LogP contribution in [0.25, 0.3) is 10.9 Å². The molecule has 0 saturated carbocycles. The van der Waals surface area contributed by atoms with Gasteiger partial charge in [0.05, 0.1) is 25.2 Å². The molecule has 252 valence electrons. The molecule has 1 aromatic heterocycles. The Morgan fingerprint density at radius 1 is 0.872 bits per heavy atom. The Bertz CT molecular complexity index is 1690. The van der Waals surface area contributed by atoms with Crippen LogP contribution in [0, 0.1) is 0 Å². The predicted molar refractivity (Wildman–Crippen MR) is 187 cm³/mol. The fourth-order valence-corrected chi connectivity index (χ4v) is 6.33. The van der Waals surface area contributed by atoms with Gasteiger partial charge >= 0.3 is 11.7 Å². The number of likely N-dealkylation sites (tertiary alicyclic amines) is 1. The Labute approximate surface area is 282 Å². The molecule has 0 spiro atoms. The van der Waals surface area contributed by atoms with Gasteiger partial charge in [0, 0.05) is 19.6 Å². The van der Waals surface area contributed by atoms with Crippen molar-refractivity contribution in [2.45, 2.75) is 70.7 Å². The number of aryl methyl sites for hydroxylation is 1. The van der Waals surface area contributed by atoms with Gasteiger partial charge in [-0.2, -0.15) is 0 Å². The van der Waals surface area contributed by atoms with Gasteiger partial charge in [-0.1, -0.05) is 66.7 Å². The summed E-state index contributed by atoms with van der Waals surface area (Å²) in [5.41, 5.74) is 0.194. The van der Waals surface area contributed by atoms with Crippen molar-refractivity contribution in [3.63, 3.8) is 0 Å². The third-order valence-electron chi connectivity index (χ3n) is 8.85. The largest absolute Gasteiger partial charge is 0.495 e. The van der Waals surface area contributed by atoms with E-state index in [0.29, 0.717) is 29.6 Å². The van der Waals surface area contributed by atoms with E-state index in [1.54, 1.807) is 43.5 Å². The molecule has 0 bridgehead atoms. The second kappa shape index (κ2) is 16.3. The number of hydrogen-bond donors (Lipinski definition) is 0. The van der Waals surface area contributed by atoms with Gasteiger partial charge in [0.25, 0.3) is 5.56 Å². The smallest absolute Gasteiger partial charge is 0.332 e. The maximum Gasteiger partial charge on any atom is 0.332 e. The maximum atomic E-state index is 13.9. The SMILES string of the molecule is CCOC(=O)C(C)(C)n1c(=O)c2cccc(OC)c2n(CCCCN2CCC(OC(c3ccccc3)c3ccccc3)CC2)c1=O.Cl. The number of aromatic nitrogens is 2. The molecule has 0 N–H and O–H groups in total. The van der Waals surface area contributed by atoms with Crippen LogP contribution in [0.15, 0.2) is 88.5 Å². The Balaban J connectivity index is 0.00000500. The normalized spacial score (nSPS) is 14.2. The fraction of sp³-hybridized carbons (Fsp3) is 0.432. The molecule has 0 unspecified atom stereocenters. The highest BCUT2D eigenvalue weighted by Gasteiger charge is 2.36. The van der Waals surface area contributed by atoms with Crippen LogP contribution in [0.2, 0.25) is 0 Å². The van der Waals surface area contributed by atoms with Gasteiger partial charge in [0.2, 0.25) is 0 Å². The van der Waals surface area contributed by atoms with E-state index < -0.39 is 22.8 Å². The van der Waals surface area contributed by atoms with Gasteiger partial charge in [0.1, 0.15) is 22.9 Å². The summed E-state index contributed by atoms with van der Waals surface area (Å²) >= 11 is 0. The van der Waals surface area contributed by atoms with E-state index >= 15 is 0 Å². The lowest BCUT2D eigenvalue weighted by molar-refractivity contribution is -0.152. The average molecular weight is 664 g/mol. The zero-order chi connectivity index (χ0) is 32.7. The summed E-state index contributed by atoms with van der Waals surface area (Å²) in [6, 6.07) is 25.9. The molecule has 0 aliphatic carbocycles. The molecule has 0 radical (unpaired) electrons. The van der Waals surface area contributed by atoms with Gasteiger partial charge in [0.15, 0.2) is 0 Å². The number of fused-ring (bicyclic) bond motifs is 1. The van der Waals surface area contributed by atoms with Gasteiger partial charge in [-0.15, -0.1) is 12.4 Å². The minimum Gasteiger partial charge on any atom is -0.495 e. The van der Waals surface area contributed by atoms with Crippen molar-refractivity contribution in [1.82, 2.24) is 14.0 Å². The van der Waals surface area contributed by atoms with Crippen LogP contribution in [0.3, 0.4) is 0 Å². The van der Waals surface area contributed by atoms with Crippen LogP contribution >= 0.6 is 12.4 Å². The quantitative estimate of drug-likeness (QED) is 0.129. The summed E-state index contributed by atoms with van der Waals surface area (Å²) in [5, 5.41) is 0.322. The van der Waals surface area contributed by atoms with E-state index in [2.05, 4.69) is 53.4 Å². The Morgan fingerprint density at radius 2 is 1.47 bits per heavy atom. The van der Waals surface area contributed by atoms with E-state index in [9.17, 15) is 14.4 Å². The van der Waals surface area contributed by atoms with Crippen molar-refractivity contribution >= 4 is 29.3 Å². The number of rotatable bonds is 13. The summed E-state index contributed by atoms with van der Waals surface area (Å²) in [7, 11) is 1.52. The van der Waals surface area contributed by atoms with Crippen molar-refractivity contribution in [3.05, 3.63) is 111 Å². The number of unbranched alkanes of at least 4 members (excludes halogenated alkanes) is 1. The number of piperidine rings is 1. The number of esters is 1. The highest BCUT2D eigenvalue weighted by Crippen LogP contribution is 2.30. The molecule has 1 fully saturated rings. The second-order valence-corrected chi connectivity index (χ2v) is 12.3. The zero-order valence-electron chi connectivity index (χ0n) is 27.7. The van der Waals surface area contributed by atoms with Gasteiger partial charge in [-0.05, 0) is 76.3 Å². The van der Waals surface area contributed by atoms with Crippen molar-refractivity contribution in [3.8, 4) is 5.75 Å². The van der Waals surface area contributed by atoms with Crippen LogP contribution < -0.4 is 16.0 Å². The molecule has 1 aliphatic heterocycles. The molecule has 9 nitrogen and oxygen atoms in total. The second-order valence-electron chi connectivity index (χ2n) is 12.3. The van der Waals surface area contributed by atoms with E-state index in [0.717, 1.165) is 54.6 Å². The summed E-state index contributed by atoms with van der Waals surface area (Å²) < 4.78 is 20.1. The number of halogens is 1. The zero-order valence-corrected chi connectivity index (χ0v) is 28.5. The lowest BCUT2D eigenvalue weighted by Crippen LogP contribution is -2.53. The van der Waals surface area contributed by atoms with Crippen LogP contribution in [-0.2, 0) is 26.4 Å². The van der Waals surface area contributed by atoms with Crippen LogP contribution in [-0.4, -0.2) is 59.5 Å². The number of para-hydroxylation sites is 1. The summed E-state index contributed by atoms with van der Waals surface area (Å²) in [6.07, 6.45) is 3.55. The Hall–Kier alpha value is -3.92. The monoisotopic (exact) mass is 663 g/mol. The third kappa shape index (κ3) is 7.97. The van der Waals surface area contributed by atoms with Crippen LogP contribution in [0.1, 0.15) is 63.7 Å². The van der Waals surface area contributed by atoms with Gasteiger partial charge in [-0.3, -0.25) is 9.36 Å².